The fraction of sp³-hybridized carbons (Fsp3) is 0.500. The maximum absolute atomic E-state index is 11.8. The van der Waals surface area contributed by atoms with Crippen LogP contribution in [0.5, 0.6) is 0 Å². The van der Waals surface area contributed by atoms with Gasteiger partial charge >= 0.3 is 0 Å². The molecule has 6 heteroatoms. The molecule has 1 aromatic heterocycles. The summed E-state index contributed by atoms with van der Waals surface area (Å²) in [5.74, 6) is 0.415. The molecule has 18 heavy (non-hydrogen) atoms. The van der Waals surface area contributed by atoms with Gasteiger partial charge in [0.1, 0.15) is 5.82 Å². The first-order valence-electron chi connectivity index (χ1n) is 5.85. The predicted octanol–water partition coefficient (Wildman–Crippen LogP) is 1.93. The SMILES string of the molecule is CCNc1ncc(C(=O)NCCCOC)cc1Cl. The Morgan fingerprint density at radius 2 is 2.33 bits per heavy atom. The molecular formula is C12H18ClN3O2. The fourth-order valence-electron chi connectivity index (χ4n) is 1.38. The fourth-order valence-corrected chi connectivity index (χ4v) is 1.61. The molecule has 0 fully saturated rings. The van der Waals surface area contributed by atoms with Crippen molar-refractivity contribution >= 4 is 23.3 Å². The van der Waals surface area contributed by atoms with E-state index in [1.54, 1.807) is 13.2 Å². The van der Waals surface area contributed by atoms with Gasteiger partial charge in [-0.3, -0.25) is 4.79 Å². The Balaban J connectivity index is 2.55. The normalized spacial score (nSPS) is 10.2. The molecule has 0 saturated carbocycles. The Morgan fingerprint density at radius 1 is 1.56 bits per heavy atom. The summed E-state index contributed by atoms with van der Waals surface area (Å²) in [6.45, 7) is 3.88. The topological polar surface area (TPSA) is 63.2 Å². The Kier molecular flexibility index (Phi) is 6.46. The number of aromatic nitrogens is 1. The molecule has 0 bridgehead atoms. The van der Waals surface area contributed by atoms with Crippen molar-refractivity contribution in [2.45, 2.75) is 13.3 Å². The van der Waals surface area contributed by atoms with Crippen LogP contribution in [0.1, 0.15) is 23.7 Å². The van der Waals surface area contributed by atoms with E-state index in [0.717, 1.165) is 13.0 Å². The van der Waals surface area contributed by atoms with Gasteiger partial charge in [-0.05, 0) is 19.4 Å². The molecule has 0 aliphatic carbocycles. The highest BCUT2D eigenvalue weighted by Gasteiger charge is 2.08. The summed E-state index contributed by atoms with van der Waals surface area (Å²) in [5.41, 5.74) is 0.457. The number of halogens is 1. The molecule has 1 aromatic rings. The highest BCUT2D eigenvalue weighted by molar-refractivity contribution is 6.33. The summed E-state index contributed by atoms with van der Waals surface area (Å²) in [7, 11) is 1.63. The minimum atomic E-state index is -0.177. The third-order valence-corrected chi connectivity index (χ3v) is 2.55. The average Bonchev–Trinajstić information content (AvgIpc) is 2.37. The number of methoxy groups -OCH3 is 1. The number of nitrogens with zero attached hydrogens (tertiary/aromatic N) is 1. The lowest BCUT2D eigenvalue weighted by atomic mass is 10.2. The van der Waals surface area contributed by atoms with Crippen LogP contribution in [-0.4, -0.2) is 37.7 Å². The van der Waals surface area contributed by atoms with E-state index in [0.29, 0.717) is 29.6 Å². The molecule has 0 aliphatic rings. The molecule has 0 aromatic carbocycles. The second kappa shape index (κ2) is 7.89. The van der Waals surface area contributed by atoms with Crippen molar-refractivity contribution in [3.63, 3.8) is 0 Å². The van der Waals surface area contributed by atoms with E-state index in [4.69, 9.17) is 16.3 Å². The van der Waals surface area contributed by atoms with Gasteiger partial charge in [-0.25, -0.2) is 4.98 Å². The van der Waals surface area contributed by atoms with Crippen molar-refractivity contribution in [2.24, 2.45) is 0 Å². The molecule has 5 nitrogen and oxygen atoms in total. The van der Waals surface area contributed by atoms with Crippen molar-refractivity contribution in [1.82, 2.24) is 10.3 Å². The van der Waals surface area contributed by atoms with E-state index >= 15 is 0 Å². The van der Waals surface area contributed by atoms with Crippen molar-refractivity contribution in [1.29, 1.82) is 0 Å². The number of anilines is 1. The Morgan fingerprint density at radius 3 is 2.94 bits per heavy atom. The zero-order valence-corrected chi connectivity index (χ0v) is 11.4. The van der Waals surface area contributed by atoms with Crippen molar-refractivity contribution in [3.8, 4) is 0 Å². The van der Waals surface area contributed by atoms with E-state index in [1.165, 1.54) is 6.20 Å². The van der Waals surface area contributed by atoms with Crippen LogP contribution in [0.3, 0.4) is 0 Å². The molecule has 0 aliphatic heterocycles. The molecule has 0 radical (unpaired) electrons. The molecule has 0 spiro atoms. The van der Waals surface area contributed by atoms with Crippen molar-refractivity contribution < 1.29 is 9.53 Å². The van der Waals surface area contributed by atoms with Crippen molar-refractivity contribution in [3.05, 3.63) is 22.8 Å². The first-order chi connectivity index (χ1) is 8.69. The monoisotopic (exact) mass is 271 g/mol. The van der Waals surface area contributed by atoms with Gasteiger partial charge in [-0.1, -0.05) is 11.6 Å². The zero-order valence-electron chi connectivity index (χ0n) is 10.6. The third kappa shape index (κ3) is 4.50. The summed E-state index contributed by atoms with van der Waals surface area (Å²) in [6.07, 6.45) is 2.29. The molecular weight excluding hydrogens is 254 g/mol. The lowest BCUT2D eigenvalue weighted by Gasteiger charge is -2.08. The summed E-state index contributed by atoms with van der Waals surface area (Å²) >= 11 is 6.01. The van der Waals surface area contributed by atoms with Crippen molar-refractivity contribution in [2.75, 3.05) is 32.1 Å². The van der Waals surface area contributed by atoms with E-state index < -0.39 is 0 Å². The van der Waals surface area contributed by atoms with Gasteiger partial charge in [0.15, 0.2) is 0 Å². The van der Waals surface area contributed by atoms with Crippen LogP contribution in [0.25, 0.3) is 0 Å². The number of amides is 1. The number of nitrogens with one attached hydrogen (secondary N) is 2. The molecule has 0 atom stereocenters. The van der Waals surface area contributed by atoms with Gasteiger partial charge in [0.2, 0.25) is 0 Å². The van der Waals surface area contributed by atoms with Crippen LogP contribution in [0.2, 0.25) is 5.02 Å². The lowest BCUT2D eigenvalue weighted by Crippen LogP contribution is -2.25. The minimum absolute atomic E-state index is 0.177. The first kappa shape index (κ1) is 14.7. The van der Waals surface area contributed by atoms with Gasteiger partial charge < -0.3 is 15.4 Å². The average molecular weight is 272 g/mol. The summed E-state index contributed by atoms with van der Waals surface area (Å²) < 4.78 is 4.90. The van der Waals surface area contributed by atoms with E-state index in [2.05, 4.69) is 15.6 Å². The van der Waals surface area contributed by atoms with Crippen LogP contribution in [0.15, 0.2) is 12.3 Å². The number of ether oxygens (including phenoxy) is 1. The minimum Gasteiger partial charge on any atom is -0.385 e. The second-order valence-electron chi connectivity index (χ2n) is 3.69. The zero-order chi connectivity index (χ0) is 13.4. The van der Waals surface area contributed by atoms with Crippen LogP contribution in [0.4, 0.5) is 5.82 Å². The van der Waals surface area contributed by atoms with Crippen LogP contribution in [0, 0.1) is 0 Å². The van der Waals surface area contributed by atoms with Gasteiger partial charge in [0, 0.05) is 33.0 Å². The van der Waals surface area contributed by atoms with Gasteiger partial charge in [-0.15, -0.1) is 0 Å². The largest absolute Gasteiger partial charge is 0.385 e. The van der Waals surface area contributed by atoms with Gasteiger partial charge in [-0.2, -0.15) is 0 Å². The molecule has 0 saturated heterocycles. The Labute approximate surface area is 112 Å². The van der Waals surface area contributed by atoms with E-state index in [1.807, 2.05) is 6.92 Å². The van der Waals surface area contributed by atoms with Crippen LogP contribution in [-0.2, 0) is 4.74 Å². The molecule has 1 heterocycles. The predicted molar refractivity (Wildman–Crippen MR) is 72.2 cm³/mol. The van der Waals surface area contributed by atoms with Crippen LogP contribution >= 0.6 is 11.6 Å². The highest BCUT2D eigenvalue weighted by atomic mass is 35.5. The Hall–Kier alpha value is -1.33. The number of rotatable bonds is 7. The molecule has 100 valence electrons. The number of carbonyl (C=O) groups is 1. The molecule has 1 amide bonds. The van der Waals surface area contributed by atoms with Crippen LogP contribution < -0.4 is 10.6 Å². The Bertz CT molecular complexity index is 399. The van der Waals surface area contributed by atoms with E-state index in [9.17, 15) is 4.79 Å². The maximum atomic E-state index is 11.8. The third-order valence-electron chi connectivity index (χ3n) is 2.26. The first-order valence-corrected chi connectivity index (χ1v) is 6.23. The smallest absolute Gasteiger partial charge is 0.252 e. The standard InChI is InChI=1S/C12H18ClN3O2/c1-3-14-11-10(13)7-9(8-16-11)12(17)15-5-4-6-18-2/h7-8H,3-6H2,1-2H3,(H,14,16)(H,15,17). The van der Waals surface area contributed by atoms with Gasteiger partial charge in [0.05, 0.1) is 10.6 Å². The number of carbonyl (C=O) groups excluding carboxylic acids is 1. The summed E-state index contributed by atoms with van der Waals surface area (Å²) in [4.78, 5) is 15.9. The summed E-state index contributed by atoms with van der Waals surface area (Å²) in [5, 5.41) is 6.23. The second-order valence-corrected chi connectivity index (χ2v) is 4.09. The molecule has 1 rings (SSSR count). The molecule has 2 N–H and O–H groups in total. The lowest BCUT2D eigenvalue weighted by molar-refractivity contribution is 0.0948. The van der Waals surface area contributed by atoms with E-state index in [-0.39, 0.29) is 5.91 Å². The highest BCUT2D eigenvalue weighted by Crippen LogP contribution is 2.19. The molecule has 0 unspecified atom stereocenters. The number of hydrogen-bond acceptors (Lipinski definition) is 4. The summed E-state index contributed by atoms with van der Waals surface area (Å²) in [6, 6.07) is 1.61. The van der Waals surface area contributed by atoms with Gasteiger partial charge in [0.25, 0.3) is 5.91 Å². The quantitative estimate of drug-likeness (QED) is 0.744. The number of hydrogen-bond donors (Lipinski definition) is 2. The maximum Gasteiger partial charge on any atom is 0.252 e. The number of pyridine rings is 1.